The van der Waals surface area contributed by atoms with Crippen molar-refractivity contribution in [1.82, 2.24) is 0 Å². The molecule has 0 aromatic heterocycles. The number of anilines is 9. The summed E-state index contributed by atoms with van der Waals surface area (Å²) >= 11 is 5.95. The number of rotatable bonds is 18. The van der Waals surface area contributed by atoms with E-state index in [0.29, 0.717) is 40.6 Å². The molecular weight excluding hydrogens is 1730 g/mol. The van der Waals surface area contributed by atoms with Crippen molar-refractivity contribution in [3.05, 3.63) is 263 Å². The van der Waals surface area contributed by atoms with Gasteiger partial charge in [0.25, 0.3) is 0 Å². The second-order valence-corrected chi connectivity index (χ2v) is 38.0. The van der Waals surface area contributed by atoms with Gasteiger partial charge in [0.05, 0.1) is 33.5 Å². The summed E-state index contributed by atoms with van der Waals surface area (Å²) in [5.74, 6) is 2.76. The zero-order valence-corrected chi connectivity index (χ0v) is 86.6. The molecule has 0 aliphatic heterocycles. The lowest BCUT2D eigenvalue weighted by Gasteiger charge is -2.24. The average Bonchev–Trinajstić information content (AvgIpc) is 0.785. The van der Waals surface area contributed by atoms with E-state index in [9.17, 15) is 65.9 Å². The summed E-state index contributed by atoms with van der Waals surface area (Å²) in [5, 5.41) is 0.814. The van der Waals surface area contributed by atoms with Crippen molar-refractivity contribution in [3.63, 3.8) is 0 Å². The Hall–Kier alpha value is -9.58. The van der Waals surface area contributed by atoms with Gasteiger partial charge in [-0.15, -0.1) is 0 Å². The first-order valence-electron chi connectivity index (χ1n) is 44.5. The van der Waals surface area contributed by atoms with E-state index in [-0.39, 0.29) is 41.0 Å². The van der Waals surface area contributed by atoms with Gasteiger partial charge in [-0.3, -0.25) is 0 Å². The highest BCUT2D eigenvalue weighted by Gasteiger charge is 2.38. The molecule has 132 heavy (non-hydrogen) atoms. The number of hydrogen-bond acceptors (Lipinski definition) is 9. The Bertz CT molecular complexity index is 4730. The van der Waals surface area contributed by atoms with E-state index in [1.807, 2.05) is 86.5 Å². The van der Waals surface area contributed by atoms with Gasteiger partial charge in [-0.05, 0) is 250 Å². The van der Waals surface area contributed by atoms with E-state index in [1.165, 1.54) is 102 Å². The van der Waals surface area contributed by atoms with E-state index in [0.717, 1.165) is 63.3 Å². The average molecular weight is 1890 g/mol. The van der Waals surface area contributed by atoms with Crippen molar-refractivity contribution in [2.75, 3.05) is 171 Å². The van der Waals surface area contributed by atoms with Gasteiger partial charge >= 0.3 is 30.9 Å². The zero-order valence-electron chi connectivity index (χ0n) is 85.9. The predicted molar refractivity (Wildman–Crippen MR) is 538 cm³/mol. The van der Waals surface area contributed by atoms with Crippen LogP contribution in [0.1, 0.15) is 272 Å². The third-order valence-electron chi connectivity index (χ3n) is 21.5. The molecule has 0 heterocycles. The summed E-state index contributed by atoms with van der Waals surface area (Å²) in [7, 11) is 33.8. The van der Waals surface area contributed by atoms with Crippen molar-refractivity contribution >= 4 is 62.8 Å². The number of alkyl halides is 15. The first-order valence-corrected chi connectivity index (χ1v) is 44.9. The Kier molecular flexibility index (Phi) is 48.3. The van der Waals surface area contributed by atoms with Crippen LogP contribution in [0.4, 0.5) is 117 Å². The smallest absolute Gasteiger partial charge is 0.378 e. The summed E-state index contributed by atoms with van der Waals surface area (Å²) in [6, 6.07) is 46.7. The van der Waals surface area contributed by atoms with E-state index >= 15 is 0 Å². The van der Waals surface area contributed by atoms with Crippen LogP contribution in [0.15, 0.2) is 164 Å². The topological polar surface area (TPSA) is 29.2 Å². The lowest BCUT2D eigenvalue weighted by Crippen LogP contribution is -2.19. The lowest BCUT2D eigenvalue weighted by atomic mass is 9.94. The van der Waals surface area contributed by atoms with E-state index in [4.69, 9.17) is 11.6 Å². The van der Waals surface area contributed by atoms with Crippen molar-refractivity contribution in [2.24, 2.45) is 0 Å². The SMILES string of the molecule is CC(C)c1c(N(C)C)cccc1C(F)(F)F.CC(C)c1cc(C(F)(F)F)ccc1N(C)C.CC(C)c1cc(Cl)ccc1N(C)C.CC(C)c1ccc(C(F)(F)F)c(N(C)C)c1.CC(C)c1ccc(C(F)(F)F)cc1N(C)C.CC(C)c1cccc(C(F)(F)F)c1N(C)C.Cc1c(C(C)C)cccc1N(C)C.Cc1cc(C(C)C)cc(N(C)C)c1.Cc1cc(N(C)C)ccc1C(C)C. The first kappa shape index (κ1) is 120. The lowest BCUT2D eigenvalue weighted by molar-refractivity contribution is -0.139. The van der Waals surface area contributed by atoms with Gasteiger partial charge in [-0.1, -0.05) is 191 Å². The number of nitrogens with zero attached hydrogens (tertiary/aromatic N) is 9. The first-order chi connectivity index (χ1) is 60.3. The molecule has 738 valence electrons. The van der Waals surface area contributed by atoms with E-state index in [2.05, 4.69) is 213 Å². The molecule has 9 rings (SSSR count). The molecule has 25 heteroatoms. The molecule has 0 spiro atoms. The number of halogens is 16. The van der Waals surface area contributed by atoms with Gasteiger partial charge in [0, 0.05) is 177 Å². The van der Waals surface area contributed by atoms with Crippen LogP contribution in [0.25, 0.3) is 0 Å². The normalized spacial score (nSPS) is 11.5. The zero-order chi connectivity index (χ0) is 103. The Morgan fingerprint density at radius 1 is 0.235 bits per heavy atom. The van der Waals surface area contributed by atoms with Crippen LogP contribution in [0.3, 0.4) is 0 Å². The van der Waals surface area contributed by atoms with Crippen molar-refractivity contribution in [2.45, 2.75) is 230 Å². The summed E-state index contributed by atoms with van der Waals surface area (Å²) in [6.07, 6.45) is -21.4. The third-order valence-corrected chi connectivity index (χ3v) is 21.7. The van der Waals surface area contributed by atoms with Gasteiger partial charge in [-0.25, -0.2) is 0 Å². The molecule has 0 aliphatic rings. The summed E-state index contributed by atoms with van der Waals surface area (Å²) in [5.41, 5.74) is 18.3. The van der Waals surface area contributed by atoms with Crippen LogP contribution < -0.4 is 44.1 Å². The summed E-state index contributed by atoms with van der Waals surface area (Å²) in [6.45, 7) is 43.3. The van der Waals surface area contributed by atoms with E-state index in [1.54, 1.807) is 110 Å². The fraction of sp³-hybridized carbons (Fsp3) is 0.495. The number of aryl methyl sites for hydroxylation is 2. The monoisotopic (exact) mass is 1880 g/mol. The van der Waals surface area contributed by atoms with Crippen LogP contribution >= 0.6 is 11.6 Å². The number of para-hydroxylation sites is 1. The second kappa shape index (κ2) is 52.9. The summed E-state index contributed by atoms with van der Waals surface area (Å²) in [4.78, 5) is 16.8. The van der Waals surface area contributed by atoms with Crippen LogP contribution in [-0.4, -0.2) is 127 Å². The molecule has 0 saturated heterocycles. The maximum atomic E-state index is 12.8. The quantitative estimate of drug-likeness (QED) is 0.0780. The van der Waals surface area contributed by atoms with Crippen LogP contribution in [-0.2, 0) is 30.9 Å². The Morgan fingerprint density at radius 3 is 1.02 bits per heavy atom. The van der Waals surface area contributed by atoms with Gasteiger partial charge in [-0.2, -0.15) is 65.9 Å². The predicted octanol–water partition coefficient (Wildman–Crippen LogP) is 32.6. The molecule has 9 aromatic rings. The standard InChI is InChI=1S/5C12H16F3N.3C12H19N.C11H16ClN/c1-8(2)10-7-9(12(13,14)15)5-6-11(10)16(3)4;1-8(2)10-6-5-9(12(13,14)15)7-11(10)16(3)4;1-8(2)9-5-6-10(12(13,14)15)11(7-9)16(3)4;1-8(2)11-9(12(13,14)15)6-5-7-10(11)16(3)4;1-8(2)9-6-5-7-10(12(13,14)15)11(9)16(3)4;1-9(2)11-6-10(3)7-12(8-11)13(4)5;1-9(2)12-7-6-11(13(4)5)8-10(12)3;1-9(2)11-7-6-8-12(10(11)3)13(4)5;1-8(2)10-7-9(12)5-6-11(10)13(3)4/h5*5-8H,1-4H3;3*6-9H,1-5H3;5-8H,1-4H3. The largest absolute Gasteiger partial charge is 0.418 e. The van der Waals surface area contributed by atoms with Crippen molar-refractivity contribution in [3.8, 4) is 0 Å². The van der Waals surface area contributed by atoms with Crippen molar-refractivity contribution < 1.29 is 65.9 Å². The molecule has 0 atom stereocenters. The fourth-order valence-corrected chi connectivity index (χ4v) is 14.6. The molecular formula is C107H153ClF15N9. The minimum Gasteiger partial charge on any atom is -0.378 e. The van der Waals surface area contributed by atoms with E-state index < -0.39 is 58.7 Å². The fourth-order valence-electron chi connectivity index (χ4n) is 14.4. The molecule has 0 bridgehead atoms. The molecule has 0 N–H and O–H groups in total. The Balaban J connectivity index is 0.000000744. The van der Waals surface area contributed by atoms with Crippen molar-refractivity contribution in [1.29, 1.82) is 0 Å². The Labute approximate surface area is 788 Å². The highest BCUT2D eigenvalue weighted by Crippen LogP contribution is 2.44. The van der Waals surface area contributed by atoms with Crippen LogP contribution in [0, 0.1) is 20.8 Å². The van der Waals surface area contributed by atoms with Gasteiger partial charge < -0.3 is 44.1 Å². The van der Waals surface area contributed by atoms with Gasteiger partial charge in [0.1, 0.15) is 0 Å². The Morgan fingerprint density at radius 2 is 0.621 bits per heavy atom. The molecule has 0 saturated carbocycles. The van der Waals surface area contributed by atoms with Gasteiger partial charge in [0.15, 0.2) is 0 Å². The number of hydrogen-bond donors (Lipinski definition) is 0. The van der Waals surface area contributed by atoms with Crippen LogP contribution in [0.5, 0.6) is 0 Å². The molecule has 9 aromatic carbocycles. The highest BCUT2D eigenvalue weighted by atomic mass is 35.5. The maximum Gasteiger partial charge on any atom is 0.418 e. The third kappa shape index (κ3) is 38.4. The molecule has 9 nitrogen and oxygen atoms in total. The molecule has 0 unspecified atom stereocenters. The maximum absolute atomic E-state index is 12.8. The molecule has 0 fully saturated rings. The summed E-state index contributed by atoms with van der Waals surface area (Å²) < 4.78 is 190. The van der Waals surface area contributed by atoms with Gasteiger partial charge in [0.2, 0.25) is 0 Å². The second-order valence-electron chi connectivity index (χ2n) is 37.6. The molecule has 0 radical (unpaired) electrons. The van der Waals surface area contributed by atoms with Crippen LogP contribution in [0.2, 0.25) is 5.02 Å². The minimum absolute atomic E-state index is 0.0692. The molecule has 0 amide bonds. The number of benzene rings is 9. The molecule has 0 aliphatic carbocycles. The highest BCUT2D eigenvalue weighted by molar-refractivity contribution is 6.30. The minimum atomic E-state index is -4.30.